The fourth-order valence-electron chi connectivity index (χ4n) is 4.08. The quantitative estimate of drug-likeness (QED) is 0.529. The van der Waals surface area contributed by atoms with Crippen LogP contribution in [0.3, 0.4) is 0 Å². The molecule has 1 saturated heterocycles. The van der Waals surface area contributed by atoms with Crippen LogP contribution < -0.4 is 9.04 Å². The molecule has 2 aromatic carbocycles. The molecular formula is C24H29ClFN3O6S. The fraction of sp³-hybridized carbons (Fsp3) is 0.417. The molecule has 0 aromatic heterocycles. The third-order valence-corrected chi connectivity index (χ3v) is 7.14. The van der Waals surface area contributed by atoms with Crippen LogP contribution in [0.5, 0.6) is 5.75 Å². The topological polar surface area (TPSA) is 96.5 Å². The molecule has 0 saturated carbocycles. The van der Waals surface area contributed by atoms with Gasteiger partial charge in [-0.1, -0.05) is 23.7 Å². The van der Waals surface area contributed by atoms with Crippen LogP contribution in [-0.4, -0.2) is 75.4 Å². The van der Waals surface area contributed by atoms with Gasteiger partial charge in [-0.05, 0) is 49.7 Å². The van der Waals surface area contributed by atoms with Crippen LogP contribution in [-0.2, 0) is 26.1 Å². The standard InChI is InChI=1S/C24H29ClFN3O6S/c1-16-13-28(17(2)12-27(16)14-18-5-8-20(26)9-6-18)23(30)15-35-22-10-7-19(25)11-21(22)29(24(31)34-3)36(4,32)33/h5-11,16-17H,12-15H2,1-4H3. The molecule has 2 unspecified atom stereocenters. The van der Waals surface area contributed by atoms with Gasteiger partial charge in [-0.2, -0.15) is 4.31 Å². The highest BCUT2D eigenvalue weighted by molar-refractivity contribution is 7.92. The van der Waals surface area contributed by atoms with E-state index < -0.39 is 16.1 Å². The summed E-state index contributed by atoms with van der Waals surface area (Å²) in [6.07, 6.45) is -0.301. The minimum Gasteiger partial charge on any atom is -0.482 e. The maximum atomic E-state index is 13.2. The molecule has 0 aliphatic carbocycles. The Labute approximate surface area is 215 Å². The number of sulfonamides is 1. The van der Waals surface area contributed by atoms with Crippen LogP contribution in [0, 0.1) is 5.82 Å². The van der Waals surface area contributed by atoms with E-state index in [9.17, 15) is 22.4 Å². The first-order valence-corrected chi connectivity index (χ1v) is 13.4. The number of nitrogens with zero attached hydrogens (tertiary/aromatic N) is 3. The number of halogens is 2. The van der Waals surface area contributed by atoms with Gasteiger partial charge in [0.15, 0.2) is 6.61 Å². The Morgan fingerprint density at radius 1 is 1.11 bits per heavy atom. The first-order chi connectivity index (χ1) is 16.9. The second kappa shape index (κ2) is 11.4. The van der Waals surface area contributed by atoms with Crippen molar-refractivity contribution in [2.45, 2.75) is 32.5 Å². The molecular weight excluding hydrogens is 513 g/mol. The maximum Gasteiger partial charge on any atom is 0.428 e. The molecule has 0 bridgehead atoms. The van der Waals surface area contributed by atoms with Crippen molar-refractivity contribution >= 4 is 39.3 Å². The molecule has 2 amide bonds. The summed E-state index contributed by atoms with van der Waals surface area (Å²) < 4.78 is 48.5. The summed E-state index contributed by atoms with van der Waals surface area (Å²) >= 11 is 6.03. The number of benzene rings is 2. The third kappa shape index (κ3) is 6.65. The number of hydrogen-bond acceptors (Lipinski definition) is 7. The van der Waals surface area contributed by atoms with E-state index in [-0.39, 0.29) is 46.9 Å². The summed E-state index contributed by atoms with van der Waals surface area (Å²) in [7, 11) is -3.03. The molecule has 0 N–H and O–H groups in total. The summed E-state index contributed by atoms with van der Waals surface area (Å²) in [4.78, 5) is 29.2. The second-order valence-electron chi connectivity index (χ2n) is 8.70. The van der Waals surface area contributed by atoms with Gasteiger partial charge in [-0.15, -0.1) is 0 Å². The molecule has 1 aliphatic heterocycles. The predicted octanol–water partition coefficient (Wildman–Crippen LogP) is 3.51. The van der Waals surface area contributed by atoms with Gasteiger partial charge in [0.25, 0.3) is 5.91 Å². The summed E-state index contributed by atoms with van der Waals surface area (Å²) in [5.41, 5.74) is 0.824. The normalized spacial score (nSPS) is 18.6. The van der Waals surface area contributed by atoms with Crippen LogP contribution in [0.2, 0.25) is 5.02 Å². The van der Waals surface area contributed by atoms with Crippen LogP contribution >= 0.6 is 11.6 Å². The SMILES string of the molecule is COC(=O)N(c1cc(Cl)ccc1OCC(=O)N1CC(C)N(Cc2ccc(F)cc2)CC1C)S(C)(=O)=O. The van der Waals surface area contributed by atoms with Crippen molar-refractivity contribution in [2.24, 2.45) is 0 Å². The van der Waals surface area contributed by atoms with Crippen molar-refractivity contribution in [3.63, 3.8) is 0 Å². The molecule has 2 atom stereocenters. The number of anilines is 1. The first-order valence-electron chi connectivity index (χ1n) is 11.2. The summed E-state index contributed by atoms with van der Waals surface area (Å²) in [5.74, 6) is -0.592. The maximum absolute atomic E-state index is 13.2. The Kier molecular flexibility index (Phi) is 8.80. The molecule has 0 radical (unpaired) electrons. The predicted molar refractivity (Wildman–Crippen MR) is 134 cm³/mol. The minimum atomic E-state index is -4.08. The van der Waals surface area contributed by atoms with Crippen LogP contribution in [0.1, 0.15) is 19.4 Å². The molecule has 12 heteroatoms. The zero-order valence-corrected chi connectivity index (χ0v) is 22.1. The van der Waals surface area contributed by atoms with Gasteiger partial charge in [0.1, 0.15) is 17.3 Å². The van der Waals surface area contributed by atoms with Crippen molar-refractivity contribution in [2.75, 3.05) is 37.4 Å². The van der Waals surface area contributed by atoms with E-state index in [1.807, 2.05) is 13.8 Å². The lowest BCUT2D eigenvalue weighted by molar-refractivity contribution is -0.139. The van der Waals surface area contributed by atoms with Crippen LogP contribution in [0.4, 0.5) is 14.9 Å². The minimum absolute atomic E-state index is 0.0146. The monoisotopic (exact) mass is 541 g/mol. The lowest BCUT2D eigenvalue weighted by atomic mass is 10.1. The molecule has 1 heterocycles. The number of piperazine rings is 1. The lowest BCUT2D eigenvalue weighted by Gasteiger charge is -2.44. The number of carbonyl (C=O) groups is 2. The highest BCUT2D eigenvalue weighted by atomic mass is 35.5. The van der Waals surface area contributed by atoms with E-state index in [2.05, 4.69) is 9.64 Å². The molecule has 9 nitrogen and oxygen atoms in total. The van der Waals surface area contributed by atoms with E-state index in [0.717, 1.165) is 18.9 Å². The van der Waals surface area contributed by atoms with Gasteiger partial charge >= 0.3 is 6.09 Å². The smallest absolute Gasteiger partial charge is 0.428 e. The Morgan fingerprint density at radius 3 is 2.39 bits per heavy atom. The largest absolute Gasteiger partial charge is 0.482 e. The van der Waals surface area contributed by atoms with E-state index in [0.29, 0.717) is 23.9 Å². The molecule has 3 rings (SSSR count). The van der Waals surface area contributed by atoms with Gasteiger partial charge in [0.05, 0.1) is 13.4 Å². The second-order valence-corrected chi connectivity index (χ2v) is 11.0. The lowest BCUT2D eigenvalue weighted by Crippen LogP contribution is -2.58. The number of rotatable bonds is 7. The molecule has 1 aliphatic rings. The molecule has 2 aromatic rings. The van der Waals surface area contributed by atoms with E-state index in [1.165, 1.54) is 30.3 Å². The molecule has 1 fully saturated rings. The number of carbonyl (C=O) groups excluding carboxylic acids is 2. The number of ether oxygens (including phenoxy) is 2. The zero-order valence-electron chi connectivity index (χ0n) is 20.5. The number of amides is 2. The van der Waals surface area contributed by atoms with Gasteiger partial charge in [-0.3, -0.25) is 9.69 Å². The summed E-state index contributed by atoms with van der Waals surface area (Å²) in [6.45, 7) is 5.26. The Bertz CT molecular complexity index is 1210. The molecule has 36 heavy (non-hydrogen) atoms. The zero-order chi connectivity index (χ0) is 26.6. The average Bonchev–Trinajstić information content (AvgIpc) is 2.81. The van der Waals surface area contributed by atoms with E-state index >= 15 is 0 Å². The first kappa shape index (κ1) is 27.7. The van der Waals surface area contributed by atoms with Crippen molar-refractivity contribution in [3.05, 3.63) is 58.9 Å². The number of methoxy groups -OCH3 is 1. The van der Waals surface area contributed by atoms with Gasteiger partial charge in [0.2, 0.25) is 10.0 Å². The Morgan fingerprint density at radius 2 is 1.78 bits per heavy atom. The fourth-order valence-corrected chi connectivity index (χ4v) is 5.09. The van der Waals surface area contributed by atoms with Gasteiger partial charge in [-0.25, -0.2) is 17.6 Å². The van der Waals surface area contributed by atoms with Crippen LogP contribution in [0.25, 0.3) is 0 Å². The van der Waals surface area contributed by atoms with Crippen LogP contribution in [0.15, 0.2) is 42.5 Å². The number of hydrogen-bond donors (Lipinski definition) is 0. The van der Waals surface area contributed by atoms with Gasteiger partial charge in [0, 0.05) is 36.7 Å². The van der Waals surface area contributed by atoms with Gasteiger partial charge < -0.3 is 14.4 Å². The summed E-state index contributed by atoms with van der Waals surface area (Å²) in [6, 6.07) is 10.4. The Hall–Kier alpha value is -2.89. The summed E-state index contributed by atoms with van der Waals surface area (Å²) in [5, 5.41) is 0.168. The van der Waals surface area contributed by atoms with Crippen molar-refractivity contribution in [1.29, 1.82) is 0 Å². The molecule has 196 valence electrons. The Balaban J connectivity index is 1.70. The molecule has 0 spiro atoms. The van der Waals surface area contributed by atoms with Crippen molar-refractivity contribution in [3.8, 4) is 5.75 Å². The average molecular weight is 542 g/mol. The van der Waals surface area contributed by atoms with Crippen molar-refractivity contribution < 1.29 is 31.9 Å². The highest BCUT2D eigenvalue weighted by Crippen LogP contribution is 2.33. The third-order valence-electron chi connectivity index (χ3n) is 5.90. The van der Waals surface area contributed by atoms with E-state index in [4.69, 9.17) is 16.3 Å². The van der Waals surface area contributed by atoms with E-state index in [1.54, 1.807) is 17.0 Å². The van der Waals surface area contributed by atoms with Crippen molar-refractivity contribution in [1.82, 2.24) is 9.80 Å². The highest BCUT2D eigenvalue weighted by Gasteiger charge is 2.33.